The summed E-state index contributed by atoms with van der Waals surface area (Å²) in [6.45, 7) is 3.19. The van der Waals surface area contributed by atoms with Gasteiger partial charge in [-0.1, -0.05) is 24.6 Å². The van der Waals surface area contributed by atoms with E-state index >= 15 is 0 Å². The van der Waals surface area contributed by atoms with Crippen molar-refractivity contribution < 1.29 is 13.2 Å². The Hall–Kier alpha value is -1.70. The predicted molar refractivity (Wildman–Crippen MR) is 120 cm³/mol. The van der Waals surface area contributed by atoms with Crippen molar-refractivity contribution in [1.82, 2.24) is 9.62 Å². The van der Waals surface area contributed by atoms with Crippen LogP contribution in [0.1, 0.15) is 66.6 Å². The third-order valence-electron chi connectivity index (χ3n) is 6.13. The average Bonchev–Trinajstić information content (AvgIpc) is 3.23. The lowest BCUT2D eigenvalue weighted by Gasteiger charge is -2.25. The number of carbonyl (C=O) groups is 1. The number of piperidine rings is 1. The molecule has 1 aromatic heterocycles. The highest BCUT2D eigenvalue weighted by Gasteiger charge is 2.27. The molecule has 1 N–H and O–H groups in total. The van der Waals surface area contributed by atoms with Gasteiger partial charge < -0.3 is 5.32 Å². The van der Waals surface area contributed by atoms with Gasteiger partial charge in [0, 0.05) is 18.0 Å². The first-order valence-corrected chi connectivity index (χ1v) is 13.2. The predicted octanol–water partition coefficient (Wildman–Crippen LogP) is 4.22. The van der Waals surface area contributed by atoms with Gasteiger partial charge in [-0.25, -0.2) is 8.42 Å². The Morgan fingerprint density at radius 3 is 2.53 bits per heavy atom. The Kier molecular flexibility index (Phi) is 6.60. The van der Waals surface area contributed by atoms with Gasteiger partial charge in [-0.3, -0.25) is 4.79 Å². The van der Waals surface area contributed by atoms with Gasteiger partial charge in [0.1, 0.15) is 4.21 Å². The number of thiophene rings is 1. The highest BCUT2D eigenvalue weighted by atomic mass is 32.2. The first kappa shape index (κ1) is 21.5. The number of hydrogen-bond acceptors (Lipinski definition) is 4. The first-order valence-electron chi connectivity index (χ1n) is 10.9. The zero-order valence-corrected chi connectivity index (χ0v) is 19.2. The van der Waals surface area contributed by atoms with E-state index in [1.54, 1.807) is 16.4 Å². The highest BCUT2D eigenvalue weighted by molar-refractivity contribution is 7.91. The van der Waals surface area contributed by atoms with Crippen LogP contribution in [0.2, 0.25) is 0 Å². The van der Waals surface area contributed by atoms with E-state index < -0.39 is 10.0 Å². The fraction of sp³-hybridized carbons (Fsp3) is 0.522. The molecule has 7 heteroatoms. The topological polar surface area (TPSA) is 66.5 Å². The fourth-order valence-electron chi connectivity index (χ4n) is 4.38. The number of hydrogen-bond donors (Lipinski definition) is 1. The second kappa shape index (κ2) is 9.20. The van der Waals surface area contributed by atoms with Crippen molar-refractivity contribution in [3.8, 4) is 0 Å². The molecule has 1 aliphatic carbocycles. The van der Waals surface area contributed by atoms with Gasteiger partial charge in [-0.15, -0.1) is 11.3 Å². The van der Waals surface area contributed by atoms with E-state index in [0.29, 0.717) is 17.3 Å². The third kappa shape index (κ3) is 4.79. The molecule has 0 spiro atoms. The van der Waals surface area contributed by atoms with Crippen molar-refractivity contribution in [2.45, 2.75) is 68.5 Å². The molecule has 1 saturated heterocycles. The molecule has 1 aliphatic heterocycles. The van der Waals surface area contributed by atoms with E-state index in [0.717, 1.165) is 42.5 Å². The molecule has 4 rings (SSSR count). The van der Waals surface area contributed by atoms with E-state index in [9.17, 15) is 13.2 Å². The van der Waals surface area contributed by atoms with Crippen LogP contribution in [-0.2, 0) is 34.1 Å². The summed E-state index contributed by atoms with van der Waals surface area (Å²) in [4.78, 5) is 13.4. The second-order valence-corrected chi connectivity index (χ2v) is 11.7. The smallest absolute Gasteiger partial charge is 0.252 e. The summed E-state index contributed by atoms with van der Waals surface area (Å²) < 4.78 is 27.5. The number of fused-ring (bicyclic) bond motifs is 1. The molecule has 1 unspecified atom stereocenters. The minimum absolute atomic E-state index is 0.0683. The third-order valence-corrected chi connectivity index (χ3v) is 9.58. The summed E-state index contributed by atoms with van der Waals surface area (Å²) in [6, 6.07) is 9.89. The van der Waals surface area contributed by atoms with Crippen LogP contribution in [0.4, 0.5) is 0 Å². The van der Waals surface area contributed by atoms with Crippen LogP contribution < -0.4 is 5.32 Å². The summed E-state index contributed by atoms with van der Waals surface area (Å²) >= 11 is 1.21. The van der Waals surface area contributed by atoms with E-state index in [1.165, 1.54) is 35.3 Å². The average molecular weight is 447 g/mol. The van der Waals surface area contributed by atoms with Crippen LogP contribution in [0.25, 0.3) is 0 Å². The van der Waals surface area contributed by atoms with Gasteiger partial charge in [0.05, 0.1) is 12.5 Å². The van der Waals surface area contributed by atoms with Crippen molar-refractivity contribution in [3.05, 3.63) is 51.9 Å². The first-order chi connectivity index (χ1) is 14.4. The van der Waals surface area contributed by atoms with Crippen molar-refractivity contribution in [3.63, 3.8) is 0 Å². The zero-order valence-electron chi connectivity index (χ0n) is 17.5. The molecule has 0 bridgehead atoms. The van der Waals surface area contributed by atoms with Gasteiger partial charge in [0.15, 0.2) is 0 Å². The number of benzene rings is 1. The lowest BCUT2D eigenvalue weighted by Crippen LogP contribution is -2.35. The van der Waals surface area contributed by atoms with E-state index in [1.807, 2.05) is 6.92 Å². The van der Waals surface area contributed by atoms with E-state index in [4.69, 9.17) is 0 Å². The van der Waals surface area contributed by atoms with Crippen LogP contribution in [0.3, 0.4) is 0 Å². The molecule has 2 aliphatic rings. The fourth-order valence-corrected chi connectivity index (χ4v) is 7.41. The number of rotatable bonds is 6. The highest BCUT2D eigenvalue weighted by Crippen LogP contribution is 2.28. The monoisotopic (exact) mass is 446 g/mol. The lowest BCUT2D eigenvalue weighted by atomic mass is 9.89. The summed E-state index contributed by atoms with van der Waals surface area (Å²) in [5.74, 6) is -0.0796. The molecular weight excluding hydrogens is 416 g/mol. The minimum Gasteiger partial charge on any atom is -0.349 e. The molecule has 162 valence electrons. The lowest BCUT2D eigenvalue weighted by molar-refractivity contribution is -0.121. The van der Waals surface area contributed by atoms with Gasteiger partial charge in [0.25, 0.3) is 10.0 Å². The maximum absolute atomic E-state index is 12.8. The standard InChI is InChI=1S/C23H30N2O3S2/c1-17(19-10-9-18-7-3-4-8-20(18)15-19)24-22(26)16-21-11-12-23(29-21)30(27,28)25-13-5-2-6-14-25/h9-12,15,17H,2-8,13-14,16H2,1H3,(H,24,26). The Morgan fingerprint density at radius 1 is 1.03 bits per heavy atom. The van der Waals surface area contributed by atoms with Crippen LogP contribution in [0.5, 0.6) is 0 Å². The molecule has 1 amide bonds. The number of aryl methyl sites for hydroxylation is 2. The van der Waals surface area contributed by atoms with Gasteiger partial charge in [-0.05, 0) is 74.3 Å². The van der Waals surface area contributed by atoms with Gasteiger partial charge in [-0.2, -0.15) is 4.31 Å². The van der Waals surface area contributed by atoms with Crippen molar-refractivity contribution in [2.75, 3.05) is 13.1 Å². The largest absolute Gasteiger partial charge is 0.349 e. The number of nitrogens with one attached hydrogen (secondary N) is 1. The normalized spacial score (nSPS) is 18.6. The second-order valence-electron chi connectivity index (χ2n) is 8.39. The van der Waals surface area contributed by atoms with Crippen LogP contribution in [0, 0.1) is 0 Å². The summed E-state index contributed by atoms with van der Waals surface area (Å²) in [5, 5.41) is 3.07. The quantitative estimate of drug-likeness (QED) is 0.722. The summed E-state index contributed by atoms with van der Waals surface area (Å²) in [6.07, 6.45) is 7.89. The Balaban J connectivity index is 1.37. The molecule has 5 nitrogen and oxygen atoms in total. The number of sulfonamides is 1. The SMILES string of the molecule is CC(NC(=O)Cc1ccc(S(=O)(=O)N2CCCCC2)s1)c1ccc2c(c1)CCCC2. The molecule has 0 saturated carbocycles. The van der Waals surface area contributed by atoms with Gasteiger partial charge in [0.2, 0.25) is 5.91 Å². The van der Waals surface area contributed by atoms with Crippen molar-refractivity contribution in [2.24, 2.45) is 0 Å². The van der Waals surface area contributed by atoms with E-state index in [2.05, 4.69) is 23.5 Å². The molecule has 1 atom stereocenters. The van der Waals surface area contributed by atoms with Crippen molar-refractivity contribution in [1.29, 1.82) is 0 Å². The molecule has 30 heavy (non-hydrogen) atoms. The summed E-state index contributed by atoms with van der Waals surface area (Å²) in [5.41, 5.74) is 3.97. The number of nitrogens with zero attached hydrogens (tertiary/aromatic N) is 1. The Morgan fingerprint density at radius 2 is 1.77 bits per heavy atom. The molecule has 1 aromatic carbocycles. The zero-order chi connectivity index (χ0) is 21.1. The minimum atomic E-state index is -3.43. The van der Waals surface area contributed by atoms with Crippen molar-refractivity contribution >= 4 is 27.3 Å². The molecule has 1 fully saturated rings. The number of carbonyl (C=O) groups excluding carboxylic acids is 1. The van der Waals surface area contributed by atoms with Crippen LogP contribution in [-0.4, -0.2) is 31.7 Å². The molecular formula is C23H30N2O3S2. The molecule has 2 aromatic rings. The molecule has 2 heterocycles. The maximum atomic E-state index is 12.8. The van der Waals surface area contributed by atoms with Crippen LogP contribution in [0.15, 0.2) is 34.5 Å². The van der Waals surface area contributed by atoms with Gasteiger partial charge >= 0.3 is 0 Å². The summed E-state index contributed by atoms with van der Waals surface area (Å²) in [7, 11) is -3.43. The van der Waals surface area contributed by atoms with Crippen LogP contribution >= 0.6 is 11.3 Å². The Bertz CT molecular complexity index is 1010. The number of amides is 1. The van der Waals surface area contributed by atoms with E-state index in [-0.39, 0.29) is 18.4 Å². The molecule has 0 radical (unpaired) electrons. The Labute approximate surface area is 183 Å². The maximum Gasteiger partial charge on any atom is 0.252 e.